The van der Waals surface area contributed by atoms with Gasteiger partial charge in [0, 0.05) is 99.0 Å². The van der Waals surface area contributed by atoms with Crippen molar-refractivity contribution in [2.24, 2.45) is 20.0 Å². The maximum Gasteiger partial charge on any atom is 0.0415 e. The monoisotopic (exact) mass is 1020 g/mol. The molecular formula is C74H74N4. The molecule has 0 bridgehead atoms. The Morgan fingerprint density at radius 2 is 0.654 bits per heavy atom. The van der Waals surface area contributed by atoms with Crippen molar-refractivity contribution in [2.75, 3.05) is 26.2 Å². The van der Waals surface area contributed by atoms with Crippen LogP contribution in [0.1, 0.15) is 124 Å². The second kappa shape index (κ2) is 38.5. The van der Waals surface area contributed by atoms with E-state index in [1.807, 2.05) is 99.4 Å². The zero-order valence-electron chi connectivity index (χ0n) is 46.2. The predicted octanol–water partition coefficient (Wildman–Crippen LogP) is 17.1. The topological polar surface area (TPSA) is 49.4 Å². The summed E-state index contributed by atoms with van der Waals surface area (Å²) in [5, 5.41) is 0. The van der Waals surface area contributed by atoms with Gasteiger partial charge in [-0.3, -0.25) is 20.0 Å². The van der Waals surface area contributed by atoms with Gasteiger partial charge < -0.3 is 0 Å². The number of allylic oxidation sites excluding steroid dienone is 16. The Kier molecular flexibility index (Phi) is 29.5. The maximum absolute atomic E-state index is 4.77. The largest absolute Gasteiger partial charge is 0.293 e. The van der Waals surface area contributed by atoms with E-state index in [-0.39, 0.29) is 0 Å². The van der Waals surface area contributed by atoms with E-state index >= 15 is 0 Å². The van der Waals surface area contributed by atoms with Gasteiger partial charge in [-0.05, 0) is 122 Å². The van der Waals surface area contributed by atoms with Gasteiger partial charge in [-0.25, -0.2) is 0 Å². The molecule has 0 aliphatic carbocycles. The Morgan fingerprint density at radius 1 is 0.359 bits per heavy atom. The van der Waals surface area contributed by atoms with Gasteiger partial charge in [0.1, 0.15) is 0 Å². The van der Waals surface area contributed by atoms with Crippen LogP contribution in [0.3, 0.4) is 0 Å². The SMILES string of the molecule is C/C=C\C=C(/C=NCCCC#Cc1cc(C#CCCCN=C/C=C\C(=C/C)c2ccccc2)c(C#CCCCN=C/C(=C\C=C/C)c2ccccc2)cc1C#CCCCN=C/C=C\C(=C/C)c1ccccc1)c1ccccc1. The van der Waals surface area contributed by atoms with Crippen molar-refractivity contribution in [3.63, 3.8) is 0 Å². The molecule has 78 heavy (non-hydrogen) atoms. The van der Waals surface area contributed by atoms with Gasteiger partial charge in [-0.2, -0.15) is 0 Å². The smallest absolute Gasteiger partial charge is 0.0415 e. The summed E-state index contributed by atoms with van der Waals surface area (Å²) in [6.07, 6.45) is 38.5. The lowest BCUT2D eigenvalue weighted by Gasteiger charge is -2.04. The van der Waals surface area contributed by atoms with Gasteiger partial charge in [-0.15, -0.1) is 0 Å². The van der Waals surface area contributed by atoms with E-state index < -0.39 is 0 Å². The van der Waals surface area contributed by atoms with Crippen LogP contribution in [-0.4, -0.2) is 51.0 Å². The molecule has 5 aromatic rings. The minimum atomic E-state index is 0.672. The summed E-state index contributed by atoms with van der Waals surface area (Å²) in [6, 6.07) is 45.6. The molecule has 0 spiro atoms. The molecule has 0 fully saturated rings. The van der Waals surface area contributed by atoms with Crippen LogP contribution in [0.2, 0.25) is 0 Å². The summed E-state index contributed by atoms with van der Waals surface area (Å²) in [5.74, 6) is 27.7. The van der Waals surface area contributed by atoms with Crippen molar-refractivity contribution in [1.29, 1.82) is 0 Å². The summed E-state index contributed by atoms with van der Waals surface area (Å²) < 4.78 is 0. The average molecular weight is 1020 g/mol. The second-order valence-electron chi connectivity index (χ2n) is 17.7. The second-order valence-corrected chi connectivity index (χ2v) is 17.7. The molecular weight excluding hydrogens is 945 g/mol. The molecule has 5 aromatic carbocycles. The van der Waals surface area contributed by atoms with E-state index in [9.17, 15) is 0 Å². The summed E-state index contributed by atoms with van der Waals surface area (Å²) in [7, 11) is 0. The van der Waals surface area contributed by atoms with Crippen molar-refractivity contribution in [1.82, 2.24) is 0 Å². The molecule has 0 saturated carbocycles. The minimum absolute atomic E-state index is 0.672. The first-order valence-electron chi connectivity index (χ1n) is 27.3. The van der Waals surface area contributed by atoms with Crippen LogP contribution in [0.15, 0.2) is 226 Å². The van der Waals surface area contributed by atoms with Gasteiger partial charge in [0.25, 0.3) is 0 Å². The van der Waals surface area contributed by atoms with Crippen molar-refractivity contribution >= 4 is 47.2 Å². The van der Waals surface area contributed by atoms with E-state index in [4.69, 9.17) is 9.98 Å². The normalized spacial score (nSPS) is 12.5. The summed E-state index contributed by atoms with van der Waals surface area (Å²) in [4.78, 5) is 18.8. The number of hydrogen-bond donors (Lipinski definition) is 0. The Hall–Kier alpha value is -9.06. The number of hydrogen-bond acceptors (Lipinski definition) is 4. The molecule has 0 atom stereocenters. The molecule has 0 amide bonds. The minimum Gasteiger partial charge on any atom is -0.293 e. The van der Waals surface area contributed by atoms with Crippen LogP contribution in [0.5, 0.6) is 0 Å². The van der Waals surface area contributed by atoms with Crippen molar-refractivity contribution in [3.8, 4) is 47.4 Å². The quantitative estimate of drug-likeness (QED) is 0.0256. The molecule has 0 aliphatic rings. The highest BCUT2D eigenvalue weighted by molar-refractivity contribution is 6.10. The molecule has 0 N–H and O–H groups in total. The highest BCUT2D eigenvalue weighted by Crippen LogP contribution is 2.19. The molecule has 4 nitrogen and oxygen atoms in total. The van der Waals surface area contributed by atoms with Crippen LogP contribution >= 0.6 is 0 Å². The van der Waals surface area contributed by atoms with Gasteiger partial charge in [0.2, 0.25) is 0 Å². The highest BCUT2D eigenvalue weighted by atomic mass is 14.7. The van der Waals surface area contributed by atoms with Crippen LogP contribution in [0, 0.1) is 47.4 Å². The molecule has 0 heterocycles. The number of unbranched alkanes of at least 4 members (excludes halogenated alkanes) is 4. The van der Waals surface area contributed by atoms with Crippen LogP contribution in [-0.2, 0) is 0 Å². The molecule has 0 aromatic heterocycles. The summed E-state index contributed by atoms with van der Waals surface area (Å²) in [6.45, 7) is 10.9. The van der Waals surface area contributed by atoms with Gasteiger partial charge in [0.15, 0.2) is 0 Å². The first-order valence-corrected chi connectivity index (χ1v) is 27.3. The predicted molar refractivity (Wildman–Crippen MR) is 341 cm³/mol. The third-order valence-corrected chi connectivity index (χ3v) is 11.8. The van der Waals surface area contributed by atoms with E-state index in [0.717, 1.165) is 81.4 Å². The Labute approximate surface area is 468 Å². The molecule has 390 valence electrons. The zero-order valence-corrected chi connectivity index (χ0v) is 46.2. The van der Waals surface area contributed by atoms with Gasteiger partial charge >= 0.3 is 0 Å². The summed E-state index contributed by atoms with van der Waals surface area (Å²) in [5.41, 5.74) is 12.5. The van der Waals surface area contributed by atoms with Crippen molar-refractivity contribution < 1.29 is 0 Å². The van der Waals surface area contributed by atoms with Gasteiger partial charge in [-0.1, -0.05) is 229 Å². The lowest BCUT2D eigenvalue weighted by atomic mass is 9.98. The number of nitrogens with zero attached hydrogens (tertiary/aromatic N) is 4. The van der Waals surface area contributed by atoms with Gasteiger partial charge in [0.05, 0.1) is 0 Å². The fourth-order valence-corrected chi connectivity index (χ4v) is 7.64. The maximum atomic E-state index is 4.77. The Bertz CT molecular complexity index is 3030. The molecule has 0 saturated heterocycles. The third kappa shape index (κ3) is 23.6. The lowest BCUT2D eigenvalue weighted by Crippen LogP contribution is -1.93. The first kappa shape index (κ1) is 59.8. The van der Waals surface area contributed by atoms with E-state index in [1.165, 1.54) is 11.1 Å². The third-order valence-electron chi connectivity index (χ3n) is 11.8. The lowest BCUT2D eigenvalue weighted by molar-refractivity contribution is 0.874. The number of rotatable bonds is 24. The van der Waals surface area contributed by atoms with Crippen molar-refractivity contribution in [3.05, 3.63) is 251 Å². The molecule has 0 unspecified atom stereocenters. The van der Waals surface area contributed by atoms with E-state index in [2.05, 4.69) is 217 Å². The standard InChI is InChI=1S/C74H74N4/c1-5-9-37-73(67-43-23-13-24-44-67)61-77-55-33-17-29-49-71-59-70(48-28-16-32-54-76-58-36-52-64(8-4)66-41-21-12-22-42-66)72(50-30-18-34-56-78-62-74(38-10-6-2)68-45-25-14-26-46-68)60-69(71)47-27-15-31-53-75-57-35-51-63(7-3)65-39-19-11-20-40-65/h5-14,19-26,35-46,51-52,57-62H,15-18,31-34,53-56H2,1-4H3/b9-5-,10-6-,51-35-,52-36-,63-7+,64-8+,73-37+,74-38+,75-57?,76-58?,77-61?,78-62?. The average Bonchev–Trinajstić information content (AvgIpc) is 3.49. The molecule has 5 rings (SSSR count). The van der Waals surface area contributed by atoms with Crippen LogP contribution in [0.25, 0.3) is 22.3 Å². The molecule has 4 heteroatoms. The van der Waals surface area contributed by atoms with Crippen LogP contribution < -0.4 is 0 Å². The van der Waals surface area contributed by atoms with E-state index in [0.29, 0.717) is 51.9 Å². The fourth-order valence-electron chi connectivity index (χ4n) is 7.64. The first-order chi connectivity index (χ1) is 38.6. The number of benzene rings is 5. The Morgan fingerprint density at radius 3 is 0.949 bits per heavy atom. The van der Waals surface area contributed by atoms with Crippen molar-refractivity contribution in [2.45, 2.75) is 79.1 Å². The fraction of sp³-hybridized carbons (Fsp3) is 0.216. The highest BCUT2D eigenvalue weighted by Gasteiger charge is 2.06. The van der Waals surface area contributed by atoms with Crippen LogP contribution in [0.4, 0.5) is 0 Å². The van der Waals surface area contributed by atoms with E-state index in [1.54, 1.807) is 0 Å². The Balaban J connectivity index is 1.34. The summed E-state index contributed by atoms with van der Waals surface area (Å²) >= 11 is 0. The molecule has 0 aliphatic heterocycles. The molecule has 0 radical (unpaired) electrons. The zero-order chi connectivity index (χ0) is 54.8. The number of aliphatic imine (C=N–C) groups is 4.